The maximum absolute atomic E-state index is 11.3. The van der Waals surface area contributed by atoms with E-state index in [1.54, 1.807) is 0 Å². The zero-order chi connectivity index (χ0) is 12.6. The van der Waals surface area contributed by atoms with Crippen molar-refractivity contribution in [2.45, 2.75) is 45.2 Å². The van der Waals surface area contributed by atoms with E-state index >= 15 is 0 Å². The molecule has 0 fully saturated rings. The van der Waals surface area contributed by atoms with Gasteiger partial charge in [0, 0.05) is 6.04 Å². The second-order valence-corrected chi connectivity index (χ2v) is 5.16. The van der Waals surface area contributed by atoms with Gasteiger partial charge in [-0.25, -0.2) is 4.68 Å². The molecule has 2 unspecified atom stereocenters. The fourth-order valence-electron chi connectivity index (χ4n) is 2.25. The molecule has 0 bridgehead atoms. The molecule has 5 nitrogen and oxygen atoms in total. The largest absolute Gasteiger partial charge is 0.367 e. The lowest BCUT2D eigenvalue weighted by atomic mass is 10.0. The highest BCUT2D eigenvalue weighted by Crippen LogP contribution is 2.36. The topological polar surface area (TPSA) is 72.9 Å². The van der Waals surface area contributed by atoms with Crippen LogP contribution in [-0.2, 0) is 0 Å². The number of rotatable bonds is 3. The van der Waals surface area contributed by atoms with Gasteiger partial charge in [-0.2, -0.15) is 5.10 Å². The number of primary amides is 1. The number of amides is 1. The number of hydrogen-bond acceptors (Lipinski definition) is 3. The molecule has 1 aromatic heterocycles. The minimum absolute atomic E-state index is 0.308. The van der Waals surface area contributed by atoms with E-state index in [9.17, 15) is 4.79 Å². The van der Waals surface area contributed by atoms with Crippen molar-refractivity contribution in [3.63, 3.8) is 0 Å². The highest BCUT2D eigenvalue weighted by molar-refractivity contribution is 9.10. The Balaban J connectivity index is 2.46. The molecule has 0 aromatic carbocycles. The van der Waals surface area contributed by atoms with E-state index < -0.39 is 5.91 Å². The van der Waals surface area contributed by atoms with Crippen molar-refractivity contribution in [1.82, 2.24) is 9.78 Å². The number of nitrogens with zero attached hydrogens (tertiary/aromatic N) is 2. The van der Waals surface area contributed by atoms with Gasteiger partial charge in [0.2, 0.25) is 0 Å². The predicted molar refractivity (Wildman–Crippen MR) is 70.1 cm³/mol. The molecule has 0 saturated carbocycles. The molecule has 0 spiro atoms. The molecule has 6 heteroatoms. The summed E-state index contributed by atoms with van der Waals surface area (Å²) >= 11 is 3.40. The molecular formula is C11H17BrN4O. The third-order valence-electron chi connectivity index (χ3n) is 3.29. The van der Waals surface area contributed by atoms with Crippen molar-refractivity contribution in [1.29, 1.82) is 0 Å². The third kappa shape index (κ3) is 2.06. The normalized spacial score (nSPS) is 23.0. The van der Waals surface area contributed by atoms with Crippen LogP contribution in [0.2, 0.25) is 0 Å². The maximum atomic E-state index is 11.3. The van der Waals surface area contributed by atoms with Crippen molar-refractivity contribution < 1.29 is 4.79 Å². The van der Waals surface area contributed by atoms with Crippen LogP contribution < -0.4 is 11.1 Å². The van der Waals surface area contributed by atoms with Gasteiger partial charge in [0.05, 0.1) is 10.5 Å². The van der Waals surface area contributed by atoms with E-state index in [4.69, 9.17) is 5.73 Å². The fraction of sp³-hybridized carbons (Fsp3) is 0.636. The fourth-order valence-corrected chi connectivity index (χ4v) is 2.83. The highest BCUT2D eigenvalue weighted by Gasteiger charge is 2.30. The van der Waals surface area contributed by atoms with Crippen LogP contribution in [0.15, 0.2) is 4.47 Å². The molecule has 2 heterocycles. The first kappa shape index (κ1) is 12.4. The quantitative estimate of drug-likeness (QED) is 0.899. The third-order valence-corrected chi connectivity index (χ3v) is 4.04. The number of aromatic nitrogens is 2. The minimum atomic E-state index is -0.497. The summed E-state index contributed by atoms with van der Waals surface area (Å²) in [5.41, 5.74) is 5.62. The smallest absolute Gasteiger partial charge is 0.270 e. The monoisotopic (exact) mass is 300 g/mol. The van der Waals surface area contributed by atoms with Gasteiger partial charge in [-0.15, -0.1) is 0 Å². The molecule has 0 saturated heterocycles. The summed E-state index contributed by atoms with van der Waals surface area (Å²) < 4.78 is 2.57. The lowest BCUT2D eigenvalue weighted by Gasteiger charge is -2.31. The lowest BCUT2D eigenvalue weighted by Crippen LogP contribution is -2.31. The van der Waals surface area contributed by atoms with Crippen molar-refractivity contribution in [3.05, 3.63) is 10.2 Å². The molecule has 1 aliphatic heterocycles. The first-order chi connectivity index (χ1) is 8.08. The Morgan fingerprint density at radius 2 is 2.29 bits per heavy atom. The Morgan fingerprint density at radius 3 is 2.82 bits per heavy atom. The first-order valence-electron chi connectivity index (χ1n) is 5.92. The molecule has 1 aromatic rings. The Kier molecular flexibility index (Phi) is 3.42. The van der Waals surface area contributed by atoms with E-state index in [1.165, 1.54) is 0 Å². The molecule has 94 valence electrons. The predicted octanol–water partition coefficient (Wildman–Crippen LogP) is 2.29. The van der Waals surface area contributed by atoms with Crippen LogP contribution in [0.3, 0.4) is 0 Å². The number of nitrogens with one attached hydrogen (secondary N) is 1. The summed E-state index contributed by atoms with van der Waals surface area (Å²) in [4.78, 5) is 11.3. The SMILES string of the molecule is CCC1CC(CC)n2nc(C(N)=O)c(Br)c2N1. The van der Waals surface area contributed by atoms with Gasteiger partial charge in [0.1, 0.15) is 5.82 Å². The van der Waals surface area contributed by atoms with E-state index in [0.29, 0.717) is 22.3 Å². The summed E-state index contributed by atoms with van der Waals surface area (Å²) in [5, 5.41) is 7.70. The molecule has 3 N–H and O–H groups in total. The van der Waals surface area contributed by atoms with Gasteiger partial charge in [0.15, 0.2) is 5.69 Å². The number of fused-ring (bicyclic) bond motifs is 1. The summed E-state index contributed by atoms with van der Waals surface area (Å²) in [6, 6.07) is 0.766. The summed E-state index contributed by atoms with van der Waals surface area (Å²) in [5.74, 6) is 0.382. The standard InChI is InChI=1S/C11H17BrN4O/c1-3-6-5-7(4-2)16-11(14-6)8(12)9(15-16)10(13)17/h6-7,14H,3-5H2,1-2H3,(H2,13,17). The van der Waals surface area contributed by atoms with Gasteiger partial charge in [-0.1, -0.05) is 13.8 Å². The number of carbonyl (C=O) groups excluding carboxylic acids is 1. The summed E-state index contributed by atoms with van der Waals surface area (Å²) in [7, 11) is 0. The van der Waals surface area contributed by atoms with Gasteiger partial charge < -0.3 is 11.1 Å². The lowest BCUT2D eigenvalue weighted by molar-refractivity contribution is 0.0993. The van der Waals surface area contributed by atoms with E-state index in [2.05, 4.69) is 40.2 Å². The van der Waals surface area contributed by atoms with Gasteiger partial charge in [-0.3, -0.25) is 4.79 Å². The van der Waals surface area contributed by atoms with Crippen LogP contribution in [0.5, 0.6) is 0 Å². The highest BCUT2D eigenvalue weighted by atomic mass is 79.9. The van der Waals surface area contributed by atoms with E-state index in [0.717, 1.165) is 25.1 Å². The number of nitrogens with two attached hydrogens (primary N) is 1. The van der Waals surface area contributed by atoms with Crippen LogP contribution >= 0.6 is 15.9 Å². The molecule has 0 aliphatic carbocycles. The Labute approximate surface area is 109 Å². The van der Waals surface area contributed by atoms with E-state index in [1.807, 2.05) is 4.68 Å². The number of anilines is 1. The first-order valence-corrected chi connectivity index (χ1v) is 6.72. The number of carbonyl (C=O) groups is 1. The Bertz CT molecular complexity index is 443. The Hall–Kier alpha value is -1.04. The van der Waals surface area contributed by atoms with Crippen LogP contribution in [-0.4, -0.2) is 21.7 Å². The van der Waals surface area contributed by atoms with Crippen LogP contribution in [0, 0.1) is 0 Å². The summed E-state index contributed by atoms with van der Waals surface area (Å²) in [6.45, 7) is 4.28. The van der Waals surface area contributed by atoms with E-state index in [-0.39, 0.29) is 0 Å². The van der Waals surface area contributed by atoms with Crippen molar-refractivity contribution in [2.75, 3.05) is 5.32 Å². The molecular weight excluding hydrogens is 284 g/mol. The zero-order valence-electron chi connectivity index (χ0n) is 10.0. The zero-order valence-corrected chi connectivity index (χ0v) is 11.6. The molecule has 17 heavy (non-hydrogen) atoms. The molecule has 2 rings (SSSR count). The van der Waals surface area contributed by atoms with Gasteiger partial charge in [0.25, 0.3) is 5.91 Å². The second-order valence-electron chi connectivity index (χ2n) is 4.37. The maximum Gasteiger partial charge on any atom is 0.270 e. The number of halogens is 1. The average molecular weight is 301 g/mol. The average Bonchev–Trinajstić information content (AvgIpc) is 2.66. The van der Waals surface area contributed by atoms with Crippen LogP contribution in [0.4, 0.5) is 5.82 Å². The Morgan fingerprint density at radius 1 is 1.59 bits per heavy atom. The molecule has 2 atom stereocenters. The van der Waals surface area contributed by atoms with Gasteiger partial charge in [-0.05, 0) is 35.2 Å². The molecule has 0 radical (unpaired) electrons. The van der Waals surface area contributed by atoms with Crippen molar-refractivity contribution in [3.8, 4) is 0 Å². The summed E-state index contributed by atoms with van der Waals surface area (Å²) in [6.07, 6.45) is 3.09. The molecule has 1 aliphatic rings. The minimum Gasteiger partial charge on any atom is -0.367 e. The van der Waals surface area contributed by atoms with Gasteiger partial charge >= 0.3 is 0 Å². The van der Waals surface area contributed by atoms with Crippen molar-refractivity contribution in [2.24, 2.45) is 5.73 Å². The van der Waals surface area contributed by atoms with Crippen LogP contribution in [0.25, 0.3) is 0 Å². The van der Waals surface area contributed by atoms with Crippen molar-refractivity contribution >= 4 is 27.7 Å². The molecule has 1 amide bonds. The second kappa shape index (κ2) is 4.68. The number of hydrogen-bond donors (Lipinski definition) is 2. The van der Waals surface area contributed by atoms with Crippen LogP contribution in [0.1, 0.15) is 49.6 Å².